The molecule has 0 N–H and O–H groups in total. The number of rotatable bonds is 13. The molecule has 35 heavy (non-hydrogen) atoms. The average molecular weight is 555 g/mol. The summed E-state index contributed by atoms with van der Waals surface area (Å²) in [6, 6.07) is 32.5. The van der Waals surface area contributed by atoms with Gasteiger partial charge in [0.25, 0.3) is 0 Å². The first kappa shape index (κ1) is 25.5. The molecular weight excluding hydrogens is 527 g/mol. The standard InChI is InChI=1S/C28H28BrO5P/c29-22-28(25-18-17-23-11-7-8-12-24(23)21-25)31-19-9-10-20-32-35(30,33-26-13-3-1-4-14-26)34-27-15-5-2-6-16-27/h1-8,11-18,21,28H,9-10,19-20,22H2. The van der Waals surface area contributed by atoms with E-state index in [0.29, 0.717) is 29.9 Å². The van der Waals surface area contributed by atoms with E-state index in [1.807, 2.05) is 24.3 Å². The zero-order valence-electron chi connectivity index (χ0n) is 19.3. The Hall–Kier alpha value is -2.63. The van der Waals surface area contributed by atoms with Crippen LogP contribution in [-0.2, 0) is 13.8 Å². The van der Waals surface area contributed by atoms with Crippen LogP contribution >= 0.6 is 23.8 Å². The molecule has 0 fully saturated rings. The van der Waals surface area contributed by atoms with Crippen molar-refractivity contribution in [3.05, 3.63) is 109 Å². The predicted molar refractivity (Wildman–Crippen MR) is 143 cm³/mol. The molecule has 0 spiro atoms. The zero-order chi connectivity index (χ0) is 24.3. The zero-order valence-corrected chi connectivity index (χ0v) is 21.8. The Morgan fingerprint density at radius 3 is 1.89 bits per heavy atom. The van der Waals surface area contributed by atoms with Crippen LogP contribution in [0, 0.1) is 0 Å². The van der Waals surface area contributed by atoms with Crippen LogP contribution in [0.1, 0.15) is 24.5 Å². The molecule has 0 heterocycles. The molecule has 0 saturated carbocycles. The van der Waals surface area contributed by atoms with Crippen molar-refractivity contribution in [1.82, 2.24) is 0 Å². The number of ether oxygens (including phenoxy) is 1. The third-order valence-corrected chi connectivity index (χ3v) is 7.27. The molecule has 182 valence electrons. The molecule has 1 unspecified atom stereocenters. The maximum absolute atomic E-state index is 13.3. The quantitative estimate of drug-likeness (QED) is 0.0943. The summed E-state index contributed by atoms with van der Waals surface area (Å²) in [5.41, 5.74) is 1.13. The van der Waals surface area contributed by atoms with Gasteiger partial charge in [0.2, 0.25) is 0 Å². The second-order valence-electron chi connectivity index (χ2n) is 7.92. The second-order valence-corrected chi connectivity index (χ2v) is 10.1. The number of halogens is 1. The van der Waals surface area contributed by atoms with E-state index >= 15 is 0 Å². The molecule has 4 rings (SSSR count). The molecule has 0 aromatic heterocycles. The molecule has 4 aromatic rings. The van der Waals surface area contributed by atoms with Crippen LogP contribution in [0.4, 0.5) is 0 Å². The Labute approximate surface area is 214 Å². The van der Waals surface area contributed by atoms with Crippen LogP contribution in [0.15, 0.2) is 103 Å². The summed E-state index contributed by atoms with van der Waals surface area (Å²) in [4.78, 5) is 0. The number of fused-ring (bicyclic) bond motifs is 1. The summed E-state index contributed by atoms with van der Waals surface area (Å²) in [5, 5.41) is 3.11. The number of para-hydroxylation sites is 2. The Bertz CT molecular complexity index is 1190. The Kier molecular flexibility index (Phi) is 9.38. The van der Waals surface area contributed by atoms with Crippen molar-refractivity contribution in [3.8, 4) is 11.5 Å². The third-order valence-electron chi connectivity index (χ3n) is 5.31. The van der Waals surface area contributed by atoms with Gasteiger partial charge in [-0.1, -0.05) is 88.7 Å². The number of hydrogen-bond acceptors (Lipinski definition) is 5. The van der Waals surface area contributed by atoms with Gasteiger partial charge in [0.1, 0.15) is 11.5 Å². The van der Waals surface area contributed by atoms with Crippen molar-refractivity contribution >= 4 is 34.5 Å². The van der Waals surface area contributed by atoms with Gasteiger partial charge in [0.05, 0.1) is 12.7 Å². The lowest BCUT2D eigenvalue weighted by atomic mass is 10.0. The highest BCUT2D eigenvalue weighted by molar-refractivity contribution is 9.09. The Balaban J connectivity index is 1.28. The molecule has 5 nitrogen and oxygen atoms in total. The molecule has 0 aliphatic rings. The smallest absolute Gasteiger partial charge is 0.395 e. The monoisotopic (exact) mass is 554 g/mol. The lowest BCUT2D eigenvalue weighted by Crippen LogP contribution is -2.09. The molecule has 0 amide bonds. The van der Waals surface area contributed by atoms with E-state index in [9.17, 15) is 4.57 Å². The van der Waals surface area contributed by atoms with Gasteiger partial charge in [0, 0.05) is 11.9 Å². The van der Waals surface area contributed by atoms with Gasteiger partial charge in [0.15, 0.2) is 0 Å². The molecule has 4 aromatic carbocycles. The Morgan fingerprint density at radius 2 is 1.26 bits per heavy atom. The van der Waals surface area contributed by atoms with Gasteiger partial charge in [-0.15, -0.1) is 0 Å². The van der Waals surface area contributed by atoms with Crippen LogP contribution < -0.4 is 9.05 Å². The summed E-state index contributed by atoms with van der Waals surface area (Å²) in [6.45, 7) is 0.769. The van der Waals surface area contributed by atoms with Crippen molar-refractivity contribution < 1.29 is 22.9 Å². The van der Waals surface area contributed by atoms with E-state index < -0.39 is 7.82 Å². The highest BCUT2D eigenvalue weighted by Gasteiger charge is 2.30. The van der Waals surface area contributed by atoms with Crippen molar-refractivity contribution in [2.75, 3.05) is 18.5 Å². The molecule has 0 aliphatic heterocycles. The van der Waals surface area contributed by atoms with Crippen LogP contribution in [-0.4, -0.2) is 18.5 Å². The van der Waals surface area contributed by atoms with Crippen molar-refractivity contribution in [2.45, 2.75) is 18.9 Å². The Morgan fingerprint density at radius 1 is 0.686 bits per heavy atom. The minimum Gasteiger partial charge on any atom is -0.395 e. The number of unbranched alkanes of at least 4 members (excludes halogenated alkanes) is 1. The van der Waals surface area contributed by atoms with Gasteiger partial charge in [-0.3, -0.25) is 4.52 Å². The topological polar surface area (TPSA) is 54.0 Å². The van der Waals surface area contributed by atoms with Crippen molar-refractivity contribution in [1.29, 1.82) is 0 Å². The summed E-state index contributed by atoms with van der Waals surface area (Å²) < 4.78 is 36.4. The summed E-state index contributed by atoms with van der Waals surface area (Å²) in [5.74, 6) is 0.844. The molecule has 0 saturated heterocycles. The number of hydrogen-bond donors (Lipinski definition) is 0. The fourth-order valence-corrected chi connectivity index (χ4v) is 5.35. The fourth-order valence-electron chi connectivity index (χ4n) is 3.54. The van der Waals surface area contributed by atoms with E-state index in [1.54, 1.807) is 48.5 Å². The first-order chi connectivity index (χ1) is 17.1. The van der Waals surface area contributed by atoms with E-state index in [1.165, 1.54) is 10.8 Å². The molecular formula is C28H28BrO5P. The molecule has 0 aliphatic carbocycles. The van der Waals surface area contributed by atoms with Gasteiger partial charge < -0.3 is 13.8 Å². The normalized spacial score (nSPS) is 12.4. The minimum absolute atomic E-state index is 0.0468. The van der Waals surface area contributed by atoms with E-state index in [4.69, 9.17) is 18.3 Å². The predicted octanol–water partition coefficient (Wildman–Crippen LogP) is 8.36. The number of phosphoric acid groups is 1. The van der Waals surface area contributed by atoms with E-state index in [-0.39, 0.29) is 12.7 Å². The number of benzene rings is 4. The highest BCUT2D eigenvalue weighted by Crippen LogP contribution is 2.49. The lowest BCUT2D eigenvalue weighted by molar-refractivity contribution is 0.0643. The molecule has 0 bridgehead atoms. The minimum atomic E-state index is -3.86. The first-order valence-electron chi connectivity index (χ1n) is 11.6. The maximum Gasteiger partial charge on any atom is 0.587 e. The van der Waals surface area contributed by atoms with Crippen LogP contribution in [0.25, 0.3) is 10.8 Å². The number of alkyl halides is 1. The number of phosphoric ester groups is 1. The molecule has 1 atom stereocenters. The van der Waals surface area contributed by atoms with Crippen LogP contribution in [0.2, 0.25) is 0 Å². The van der Waals surface area contributed by atoms with Crippen molar-refractivity contribution in [3.63, 3.8) is 0 Å². The lowest BCUT2D eigenvalue weighted by Gasteiger charge is -2.19. The van der Waals surface area contributed by atoms with E-state index in [0.717, 1.165) is 12.0 Å². The summed E-state index contributed by atoms with van der Waals surface area (Å²) in [7, 11) is -3.86. The second kappa shape index (κ2) is 12.9. The fraction of sp³-hybridized carbons (Fsp3) is 0.214. The SMILES string of the molecule is O=P(OCCCCOC(CBr)c1ccc2ccccc2c1)(Oc1ccccc1)Oc1ccccc1. The van der Waals surface area contributed by atoms with Gasteiger partial charge in [-0.2, -0.15) is 0 Å². The van der Waals surface area contributed by atoms with Crippen LogP contribution in [0.3, 0.4) is 0 Å². The highest BCUT2D eigenvalue weighted by atomic mass is 79.9. The summed E-state index contributed by atoms with van der Waals surface area (Å²) in [6.07, 6.45) is 1.34. The molecule has 7 heteroatoms. The van der Waals surface area contributed by atoms with Crippen LogP contribution in [0.5, 0.6) is 11.5 Å². The summed E-state index contributed by atoms with van der Waals surface area (Å²) >= 11 is 3.57. The van der Waals surface area contributed by atoms with Gasteiger partial charge >= 0.3 is 7.82 Å². The third kappa shape index (κ3) is 7.68. The largest absolute Gasteiger partial charge is 0.587 e. The van der Waals surface area contributed by atoms with E-state index in [2.05, 4.69) is 46.3 Å². The average Bonchev–Trinajstić information content (AvgIpc) is 2.89. The van der Waals surface area contributed by atoms with Crippen molar-refractivity contribution in [2.24, 2.45) is 0 Å². The molecule has 0 radical (unpaired) electrons. The van der Waals surface area contributed by atoms with Gasteiger partial charge in [-0.25, -0.2) is 4.57 Å². The first-order valence-corrected chi connectivity index (χ1v) is 14.1. The van der Waals surface area contributed by atoms with Gasteiger partial charge in [-0.05, 0) is 59.5 Å². The maximum atomic E-state index is 13.3.